The lowest BCUT2D eigenvalue weighted by Crippen LogP contribution is -2.26. The van der Waals surface area contributed by atoms with Crippen molar-refractivity contribution in [1.82, 2.24) is 0 Å². The first kappa shape index (κ1) is 12.9. The van der Waals surface area contributed by atoms with Crippen molar-refractivity contribution in [3.05, 3.63) is 58.7 Å². The Morgan fingerprint density at radius 2 is 1.37 bits per heavy atom. The quantitative estimate of drug-likeness (QED) is 0.683. The van der Waals surface area contributed by atoms with Crippen LogP contribution in [0.25, 0.3) is 11.1 Å². The highest BCUT2D eigenvalue weighted by atomic mass is 31.0. The van der Waals surface area contributed by atoms with Crippen LogP contribution in [0.15, 0.2) is 36.4 Å². The summed E-state index contributed by atoms with van der Waals surface area (Å²) < 4.78 is 0. The summed E-state index contributed by atoms with van der Waals surface area (Å²) in [6, 6.07) is 13.8. The molecule has 0 spiro atoms. The SMILES string of the molecule is CCC1(CP)c2cc(C)ccc2-c2ccc(C)cc21. The first-order valence-corrected chi connectivity index (χ1v) is 7.87. The number of aryl methyl sites for hydroxylation is 2. The molecule has 1 atom stereocenters. The molecule has 1 heteroatoms. The highest BCUT2D eigenvalue weighted by Gasteiger charge is 2.40. The zero-order valence-corrected chi connectivity index (χ0v) is 13.1. The van der Waals surface area contributed by atoms with Gasteiger partial charge in [-0.25, -0.2) is 0 Å². The van der Waals surface area contributed by atoms with Crippen LogP contribution in [-0.4, -0.2) is 6.16 Å². The van der Waals surface area contributed by atoms with E-state index in [-0.39, 0.29) is 5.41 Å². The van der Waals surface area contributed by atoms with Crippen LogP contribution in [0.5, 0.6) is 0 Å². The van der Waals surface area contributed by atoms with Crippen molar-refractivity contribution in [3.8, 4) is 11.1 Å². The van der Waals surface area contributed by atoms with Crippen molar-refractivity contribution >= 4 is 9.24 Å². The van der Waals surface area contributed by atoms with E-state index in [0.717, 1.165) is 12.6 Å². The highest BCUT2D eigenvalue weighted by molar-refractivity contribution is 7.16. The first-order valence-electron chi connectivity index (χ1n) is 7.05. The summed E-state index contributed by atoms with van der Waals surface area (Å²) in [7, 11) is 2.97. The Kier molecular flexibility index (Phi) is 3.02. The Bertz CT molecular complexity index is 583. The van der Waals surface area contributed by atoms with Gasteiger partial charge in [0.15, 0.2) is 0 Å². The molecule has 2 aromatic carbocycles. The molecule has 0 fully saturated rings. The monoisotopic (exact) mass is 268 g/mol. The third kappa shape index (κ3) is 1.70. The van der Waals surface area contributed by atoms with Crippen molar-refractivity contribution in [2.75, 3.05) is 6.16 Å². The molecule has 98 valence electrons. The second kappa shape index (κ2) is 4.46. The standard InChI is InChI=1S/C18H21P/c1-4-18(11-19)16-9-12(2)5-7-14(16)15-8-6-13(3)10-17(15)18/h5-10H,4,11,19H2,1-3H3. The van der Waals surface area contributed by atoms with Gasteiger partial charge in [0.25, 0.3) is 0 Å². The molecule has 3 rings (SSSR count). The van der Waals surface area contributed by atoms with Crippen LogP contribution in [0, 0.1) is 13.8 Å². The summed E-state index contributed by atoms with van der Waals surface area (Å²) in [5.41, 5.74) is 8.82. The molecule has 0 aliphatic heterocycles. The minimum atomic E-state index is 0.188. The Morgan fingerprint density at radius 1 is 0.895 bits per heavy atom. The lowest BCUT2D eigenvalue weighted by Gasteiger charge is -2.29. The Morgan fingerprint density at radius 3 is 1.74 bits per heavy atom. The topological polar surface area (TPSA) is 0 Å². The van der Waals surface area contributed by atoms with E-state index in [1.54, 1.807) is 0 Å². The van der Waals surface area contributed by atoms with Gasteiger partial charge in [0, 0.05) is 5.41 Å². The van der Waals surface area contributed by atoms with Crippen LogP contribution in [0.2, 0.25) is 0 Å². The third-order valence-electron chi connectivity index (χ3n) is 4.62. The summed E-state index contributed by atoms with van der Waals surface area (Å²) in [6.45, 7) is 6.70. The zero-order chi connectivity index (χ0) is 13.6. The van der Waals surface area contributed by atoms with E-state index < -0.39 is 0 Å². The molecule has 1 aliphatic carbocycles. The molecule has 0 aromatic heterocycles. The van der Waals surface area contributed by atoms with Crippen molar-refractivity contribution in [1.29, 1.82) is 0 Å². The average Bonchev–Trinajstić information content (AvgIpc) is 2.67. The Balaban J connectivity index is 2.38. The normalized spacial score (nSPS) is 15.2. The highest BCUT2D eigenvalue weighted by Crippen LogP contribution is 2.52. The number of hydrogen-bond donors (Lipinski definition) is 0. The number of fused-ring (bicyclic) bond motifs is 3. The maximum absolute atomic E-state index is 2.97. The van der Waals surface area contributed by atoms with Gasteiger partial charge in [0.05, 0.1) is 0 Å². The minimum absolute atomic E-state index is 0.188. The number of benzene rings is 2. The van der Waals surface area contributed by atoms with E-state index in [0.29, 0.717) is 0 Å². The molecule has 0 saturated heterocycles. The fraction of sp³-hybridized carbons (Fsp3) is 0.333. The van der Waals surface area contributed by atoms with E-state index in [2.05, 4.69) is 66.4 Å². The third-order valence-corrected chi connectivity index (χ3v) is 5.32. The first-order chi connectivity index (χ1) is 9.12. The van der Waals surface area contributed by atoms with Gasteiger partial charge in [-0.1, -0.05) is 54.4 Å². The van der Waals surface area contributed by atoms with E-state index in [1.165, 1.54) is 33.4 Å². The molecule has 0 saturated carbocycles. The van der Waals surface area contributed by atoms with E-state index in [1.807, 2.05) is 0 Å². The largest absolute Gasteiger partial charge is 0.136 e. The summed E-state index contributed by atoms with van der Waals surface area (Å²) in [4.78, 5) is 0. The molecule has 0 radical (unpaired) electrons. The average molecular weight is 268 g/mol. The van der Waals surface area contributed by atoms with Crippen LogP contribution in [0.3, 0.4) is 0 Å². The van der Waals surface area contributed by atoms with Crippen LogP contribution in [0.4, 0.5) is 0 Å². The molecule has 1 aliphatic rings. The summed E-state index contributed by atoms with van der Waals surface area (Å²) in [6.07, 6.45) is 2.25. The van der Waals surface area contributed by atoms with Gasteiger partial charge >= 0.3 is 0 Å². The van der Waals surface area contributed by atoms with E-state index in [4.69, 9.17) is 0 Å². The van der Waals surface area contributed by atoms with Gasteiger partial charge in [-0.05, 0) is 48.7 Å². The van der Waals surface area contributed by atoms with Crippen molar-refractivity contribution in [2.24, 2.45) is 0 Å². The van der Waals surface area contributed by atoms with Gasteiger partial charge in [-0.2, -0.15) is 0 Å². The van der Waals surface area contributed by atoms with Crippen molar-refractivity contribution in [3.63, 3.8) is 0 Å². The van der Waals surface area contributed by atoms with Gasteiger partial charge in [-0.3, -0.25) is 0 Å². The van der Waals surface area contributed by atoms with E-state index in [9.17, 15) is 0 Å². The molecule has 1 unspecified atom stereocenters. The molecule has 0 bridgehead atoms. The second-order valence-corrected chi connectivity index (χ2v) is 6.15. The predicted octanol–water partition coefficient (Wildman–Crippen LogP) is 4.86. The fourth-order valence-corrected chi connectivity index (χ4v) is 4.20. The second-order valence-electron chi connectivity index (χ2n) is 5.74. The minimum Gasteiger partial charge on any atom is -0.136 e. The summed E-state index contributed by atoms with van der Waals surface area (Å²) >= 11 is 0. The van der Waals surface area contributed by atoms with Crippen molar-refractivity contribution in [2.45, 2.75) is 32.6 Å². The van der Waals surface area contributed by atoms with Gasteiger partial charge < -0.3 is 0 Å². The molecule has 0 N–H and O–H groups in total. The molecule has 0 heterocycles. The Labute approximate surface area is 118 Å². The van der Waals surface area contributed by atoms with Crippen LogP contribution in [-0.2, 0) is 5.41 Å². The molecule has 0 nitrogen and oxygen atoms in total. The van der Waals surface area contributed by atoms with Crippen molar-refractivity contribution < 1.29 is 0 Å². The predicted molar refractivity (Wildman–Crippen MR) is 87.0 cm³/mol. The zero-order valence-electron chi connectivity index (χ0n) is 12.0. The van der Waals surface area contributed by atoms with E-state index >= 15 is 0 Å². The summed E-state index contributed by atoms with van der Waals surface area (Å²) in [5, 5.41) is 0. The molecule has 0 amide bonds. The molecule has 2 aromatic rings. The van der Waals surface area contributed by atoms with Crippen LogP contribution < -0.4 is 0 Å². The molecular formula is C18H21P. The fourth-order valence-electron chi connectivity index (χ4n) is 3.47. The maximum atomic E-state index is 2.97. The number of hydrogen-bond acceptors (Lipinski definition) is 0. The van der Waals surface area contributed by atoms with Gasteiger partial charge in [0.2, 0.25) is 0 Å². The van der Waals surface area contributed by atoms with Gasteiger partial charge in [-0.15, -0.1) is 9.24 Å². The van der Waals surface area contributed by atoms with Gasteiger partial charge in [0.1, 0.15) is 0 Å². The Hall–Kier alpha value is -1.13. The lowest BCUT2D eigenvalue weighted by molar-refractivity contribution is 0.574. The molecular weight excluding hydrogens is 247 g/mol. The smallest absolute Gasteiger partial charge is 0.0247 e. The van der Waals surface area contributed by atoms with Crippen LogP contribution in [0.1, 0.15) is 35.6 Å². The van der Waals surface area contributed by atoms with Crippen LogP contribution >= 0.6 is 9.24 Å². The summed E-state index contributed by atoms with van der Waals surface area (Å²) in [5.74, 6) is 0. The molecule has 19 heavy (non-hydrogen) atoms. The number of rotatable bonds is 2. The lowest BCUT2D eigenvalue weighted by atomic mass is 9.77. The maximum Gasteiger partial charge on any atom is 0.0247 e.